The van der Waals surface area contributed by atoms with Gasteiger partial charge in [0.25, 0.3) is 5.56 Å². The molecule has 0 fully saturated rings. The average Bonchev–Trinajstić information content (AvgIpc) is 3.42. The van der Waals surface area contributed by atoms with Gasteiger partial charge in [0.15, 0.2) is 5.69 Å². The van der Waals surface area contributed by atoms with Crippen molar-refractivity contribution in [3.63, 3.8) is 0 Å². The number of anilines is 2. The number of rotatable bonds is 10. The van der Waals surface area contributed by atoms with Crippen LogP contribution >= 0.6 is 0 Å². The smallest absolute Gasteiger partial charge is 0.330 e. The summed E-state index contributed by atoms with van der Waals surface area (Å²) < 4.78 is 7.14. The molecule has 1 aromatic carbocycles. The maximum absolute atomic E-state index is 13.6. The number of fused-ring (bicyclic) bond motifs is 2. The number of furan rings is 1. The largest absolute Gasteiger partial charge is 0.464 e. The van der Waals surface area contributed by atoms with Crippen molar-refractivity contribution < 1.29 is 9.21 Å². The number of amides is 1. The maximum Gasteiger partial charge on any atom is 0.330 e. The van der Waals surface area contributed by atoms with E-state index in [0.717, 1.165) is 67.9 Å². The van der Waals surface area contributed by atoms with Crippen LogP contribution in [-0.2, 0) is 30.6 Å². The number of hydrogen-bond acceptors (Lipinski definition) is 5. The molecule has 1 amide bonds. The molecule has 3 aromatic rings. The summed E-state index contributed by atoms with van der Waals surface area (Å²) >= 11 is 0. The molecule has 0 saturated heterocycles. The number of nitrogens with one attached hydrogen (secondary N) is 1. The molecule has 1 aliphatic carbocycles. The van der Waals surface area contributed by atoms with Crippen LogP contribution in [0.4, 0.5) is 11.5 Å². The number of carbonyl (C=O) groups is 1. The molecule has 0 unspecified atom stereocenters. The van der Waals surface area contributed by atoms with E-state index in [4.69, 9.17) is 10.2 Å². The Kier molecular flexibility index (Phi) is 7.24. The summed E-state index contributed by atoms with van der Waals surface area (Å²) in [6.45, 7) is 4.84. The van der Waals surface area contributed by atoms with E-state index in [1.54, 1.807) is 6.26 Å². The van der Waals surface area contributed by atoms with Gasteiger partial charge in [-0.05, 0) is 55.4 Å². The lowest BCUT2D eigenvalue weighted by molar-refractivity contribution is -0.118. The number of carbonyl (C=O) groups excluding carboxylic acids is 1. The van der Waals surface area contributed by atoms with Crippen LogP contribution in [0.2, 0.25) is 0 Å². The molecule has 2 aromatic heterocycles. The van der Waals surface area contributed by atoms with E-state index >= 15 is 0 Å². The van der Waals surface area contributed by atoms with E-state index in [0.29, 0.717) is 13.1 Å². The van der Waals surface area contributed by atoms with Gasteiger partial charge in [0.2, 0.25) is 5.91 Å². The van der Waals surface area contributed by atoms with Gasteiger partial charge in [0, 0.05) is 24.0 Å². The van der Waals surface area contributed by atoms with Gasteiger partial charge in [-0.25, -0.2) is 4.79 Å². The Labute approximate surface area is 198 Å². The number of nitrogen functional groups attached to an aromatic ring is 1. The zero-order valence-corrected chi connectivity index (χ0v) is 20.1. The molecule has 0 aliphatic heterocycles. The molecule has 2 heterocycles. The minimum Gasteiger partial charge on any atom is -0.464 e. The van der Waals surface area contributed by atoms with Crippen molar-refractivity contribution in [2.24, 2.45) is 0 Å². The summed E-state index contributed by atoms with van der Waals surface area (Å²) in [5.74, 6) is -0.195. The van der Waals surface area contributed by atoms with Gasteiger partial charge in [-0.15, -0.1) is 0 Å². The number of aromatic amines is 1. The third kappa shape index (κ3) is 4.67. The number of unbranched alkanes of at least 4 members (excludes halogenated alkanes) is 3. The van der Waals surface area contributed by atoms with Crippen LogP contribution in [0, 0.1) is 0 Å². The topological polar surface area (TPSA) is 114 Å². The summed E-state index contributed by atoms with van der Waals surface area (Å²) in [5, 5.41) is 0.942. The van der Waals surface area contributed by atoms with Crippen molar-refractivity contribution >= 4 is 28.4 Å². The van der Waals surface area contributed by atoms with E-state index in [2.05, 4.69) is 24.0 Å². The molecule has 182 valence electrons. The van der Waals surface area contributed by atoms with Crippen LogP contribution in [0.1, 0.15) is 69.1 Å². The Bertz CT molecular complexity index is 1300. The first-order valence-electron chi connectivity index (χ1n) is 12.4. The third-order valence-electron chi connectivity index (χ3n) is 6.72. The molecule has 0 bridgehead atoms. The van der Waals surface area contributed by atoms with Crippen LogP contribution in [0.15, 0.2) is 32.4 Å². The Balaban J connectivity index is 1.69. The van der Waals surface area contributed by atoms with Gasteiger partial charge in [-0.2, -0.15) is 0 Å². The fourth-order valence-corrected chi connectivity index (χ4v) is 4.80. The number of aromatic nitrogens is 2. The quantitative estimate of drug-likeness (QED) is 0.440. The number of H-pyrrole nitrogens is 1. The first kappa shape index (κ1) is 23.9. The molecule has 0 radical (unpaired) electrons. The lowest BCUT2D eigenvalue weighted by Crippen LogP contribution is -2.42. The predicted octanol–water partition coefficient (Wildman–Crippen LogP) is 3.92. The second-order valence-electron chi connectivity index (χ2n) is 9.16. The van der Waals surface area contributed by atoms with Crippen molar-refractivity contribution in [2.75, 3.05) is 17.2 Å². The number of hydrogen-bond donors (Lipinski definition) is 2. The van der Waals surface area contributed by atoms with Crippen LogP contribution in [0.3, 0.4) is 0 Å². The molecule has 8 heteroatoms. The highest BCUT2D eigenvalue weighted by Gasteiger charge is 2.25. The van der Waals surface area contributed by atoms with Crippen molar-refractivity contribution in [3.8, 4) is 0 Å². The molecular weight excluding hydrogens is 432 g/mol. The zero-order chi connectivity index (χ0) is 24.2. The van der Waals surface area contributed by atoms with E-state index in [-0.39, 0.29) is 23.8 Å². The minimum absolute atomic E-state index is 0.0434. The number of nitrogens with zero attached hydrogens (tertiary/aromatic N) is 2. The Morgan fingerprint density at radius 3 is 2.59 bits per heavy atom. The predicted molar refractivity (Wildman–Crippen MR) is 134 cm³/mol. The standard InChI is InChI=1S/C26H34N4O4/c1-3-5-7-12-29(23-24(27)30(11-6-4-2)26(33)28-25(23)32)22(31)15-19-16-34-21-14-18-10-8-9-17(18)13-20(19)21/h13-14,16H,3-12,15,27H2,1-2H3,(H,28,32,33). The summed E-state index contributed by atoms with van der Waals surface area (Å²) in [4.78, 5) is 42.6. The van der Waals surface area contributed by atoms with Crippen molar-refractivity contribution in [1.29, 1.82) is 0 Å². The molecule has 8 nitrogen and oxygen atoms in total. The van der Waals surface area contributed by atoms with Gasteiger partial charge >= 0.3 is 5.69 Å². The minimum atomic E-state index is -0.630. The summed E-state index contributed by atoms with van der Waals surface area (Å²) in [7, 11) is 0. The first-order chi connectivity index (χ1) is 16.4. The molecule has 0 spiro atoms. The van der Waals surface area contributed by atoms with Gasteiger partial charge in [0.05, 0.1) is 12.7 Å². The van der Waals surface area contributed by atoms with Crippen LogP contribution in [0.25, 0.3) is 11.0 Å². The van der Waals surface area contributed by atoms with E-state index in [1.807, 2.05) is 6.92 Å². The lowest BCUT2D eigenvalue weighted by Gasteiger charge is -2.24. The van der Waals surface area contributed by atoms with Gasteiger partial charge in [-0.1, -0.05) is 33.1 Å². The third-order valence-corrected chi connectivity index (χ3v) is 6.72. The molecule has 34 heavy (non-hydrogen) atoms. The van der Waals surface area contributed by atoms with E-state index in [9.17, 15) is 14.4 Å². The van der Waals surface area contributed by atoms with Crippen LogP contribution < -0.4 is 21.9 Å². The maximum atomic E-state index is 13.6. The van der Waals surface area contributed by atoms with Crippen LogP contribution in [-0.4, -0.2) is 22.0 Å². The fourth-order valence-electron chi connectivity index (χ4n) is 4.80. The summed E-state index contributed by atoms with van der Waals surface area (Å²) in [5.41, 5.74) is 9.41. The molecule has 1 aliphatic rings. The van der Waals surface area contributed by atoms with Crippen molar-refractivity contribution in [2.45, 2.75) is 78.2 Å². The highest BCUT2D eigenvalue weighted by atomic mass is 16.3. The average molecular weight is 467 g/mol. The highest BCUT2D eigenvalue weighted by Crippen LogP contribution is 2.31. The van der Waals surface area contributed by atoms with E-state index in [1.165, 1.54) is 20.6 Å². The number of benzene rings is 1. The van der Waals surface area contributed by atoms with Gasteiger partial charge in [0.1, 0.15) is 11.4 Å². The number of aryl methyl sites for hydroxylation is 2. The monoisotopic (exact) mass is 466 g/mol. The lowest BCUT2D eigenvalue weighted by atomic mass is 10.0. The molecular formula is C26H34N4O4. The van der Waals surface area contributed by atoms with Crippen molar-refractivity contribution in [3.05, 3.63) is 55.9 Å². The first-order valence-corrected chi connectivity index (χ1v) is 12.4. The Morgan fingerprint density at radius 2 is 1.85 bits per heavy atom. The summed E-state index contributed by atoms with van der Waals surface area (Å²) in [6, 6.07) is 4.22. The Hall–Kier alpha value is -3.29. The zero-order valence-electron chi connectivity index (χ0n) is 20.1. The van der Waals surface area contributed by atoms with Gasteiger partial charge in [-0.3, -0.25) is 19.1 Å². The highest BCUT2D eigenvalue weighted by molar-refractivity contribution is 5.99. The molecule has 0 saturated carbocycles. The molecule has 4 rings (SSSR count). The normalized spacial score (nSPS) is 12.9. The number of nitrogens with two attached hydrogens (primary N) is 1. The molecule has 0 atom stereocenters. The molecule has 3 N–H and O–H groups in total. The Morgan fingerprint density at radius 1 is 1.12 bits per heavy atom. The summed E-state index contributed by atoms with van der Waals surface area (Å²) in [6.07, 6.45) is 9.19. The van der Waals surface area contributed by atoms with E-state index < -0.39 is 11.2 Å². The van der Waals surface area contributed by atoms with Crippen molar-refractivity contribution in [1.82, 2.24) is 9.55 Å². The SMILES string of the molecule is CCCCCN(C(=O)Cc1coc2cc3c(cc12)CCC3)c1c(N)n(CCCC)c(=O)[nH]c1=O. The fraction of sp³-hybridized carbons (Fsp3) is 0.500. The van der Waals surface area contributed by atoms with Gasteiger partial charge < -0.3 is 15.1 Å². The van der Waals surface area contributed by atoms with Crippen LogP contribution in [0.5, 0.6) is 0 Å². The second kappa shape index (κ2) is 10.3. The second-order valence-corrected chi connectivity index (χ2v) is 9.16.